The first-order valence-electron chi connectivity index (χ1n) is 6.71. The molecule has 0 amide bonds. The Morgan fingerprint density at radius 2 is 2.23 bits per heavy atom. The second-order valence-electron chi connectivity index (χ2n) is 5.19. The number of halogens is 2. The van der Waals surface area contributed by atoms with Crippen LogP contribution in [0, 0.1) is 11.7 Å². The SMILES string of the molecule is CC(C)[C@H](NCc1cn(-c2ccc(F)c(Cl)c2)nn1)C(=O)O. The van der Waals surface area contributed by atoms with Crippen molar-refractivity contribution in [3.63, 3.8) is 0 Å². The van der Waals surface area contributed by atoms with Gasteiger partial charge in [-0.3, -0.25) is 10.1 Å². The summed E-state index contributed by atoms with van der Waals surface area (Å²) in [6.45, 7) is 3.91. The van der Waals surface area contributed by atoms with Gasteiger partial charge in [-0.05, 0) is 24.1 Å². The lowest BCUT2D eigenvalue weighted by atomic mass is 10.1. The first-order chi connectivity index (χ1) is 10.4. The van der Waals surface area contributed by atoms with Crippen molar-refractivity contribution < 1.29 is 14.3 Å². The van der Waals surface area contributed by atoms with Gasteiger partial charge >= 0.3 is 5.97 Å². The Kier molecular flexibility index (Phi) is 5.10. The van der Waals surface area contributed by atoms with Crippen molar-refractivity contribution in [2.75, 3.05) is 0 Å². The van der Waals surface area contributed by atoms with Gasteiger partial charge < -0.3 is 5.11 Å². The molecule has 1 heterocycles. The molecule has 0 aliphatic heterocycles. The third kappa shape index (κ3) is 3.80. The lowest BCUT2D eigenvalue weighted by molar-refractivity contribution is -0.140. The molecule has 0 fully saturated rings. The van der Waals surface area contributed by atoms with E-state index in [1.54, 1.807) is 6.20 Å². The molecule has 1 aromatic carbocycles. The third-order valence-corrected chi connectivity index (χ3v) is 3.43. The molecule has 0 spiro atoms. The number of hydrogen-bond donors (Lipinski definition) is 2. The molecule has 1 aromatic heterocycles. The molecule has 22 heavy (non-hydrogen) atoms. The molecule has 6 nitrogen and oxygen atoms in total. The molecule has 1 atom stereocenters. The Labute approximate surface area is 131 Å². The van der Waals surface area contributed by atoms with Gasteiger partial charge in [0.2, 0.25) is 0 Å². The zero-order chi connectivity index (χ0) is 16.3. The molecule has 0 aliphatic rings. The Hall–Kier alpha value is -1.99. The maximum atomic E-state index is 13.1. The average molecular weight is 327 g/mol. The fraction of sp³-hybridized carbons (Fsp3) is 0.357. The number of aliphatic carboxylic acids is 1. The number of rotatable bonds is 6. The topological polar surface area (TPSA) is 80.0 Å². The van der Waals surface area contributed by atoms with E-state index in [0.717, 1.165) is 0 Å². The molecular weight excluding hydrogens is 311 g/mol. The molecule has 0 saturated carbocycles. The summed E-state index contributed by atoms with van der Waals surface area (Å²) in [6.07, 6.45) is 1.63. The fourth-order valence-corrected chi connectivity index (χ4v) is 2.13. The summed E-state index contributed by atoms with van der Waals surface area (Å²) in [5.74, 6) is -1.47. The van der Waals surface area contributed by atoms with Crippen LogP contribution in [-0.2, 0) is 11.3 Å². The predicted octanol–water partition coefficient (Wildman–Crippen LogP) is 2.26. The number of nitrogens with one attached hydrogen (secondary N) is 1. The molecule has 2 aromatic rings. The molecule has 0 bridgehead atoms. The third-order valence-electron chi connectivity index (χ3n) is 3.14. The summed E-state index contributed by atoms with van der Waals surface area (Å²) >= 11 is 5.73. The van der Waals surface area contributed by atoms with Gasteiger partial charge in [0.25, 0.3) is 0 Å². The number of carboxylic acids is 1. The zero-order valence-electron chi connectivity index (χ0n) is 12.1. The van der Waals surface area contributed by atoms with E-state index in [0.29, 0.717) is 11.4 Å². The van der Waals surface area contributed by atoms with E-state index in [1.807, 2.05) is 13.8 Å². The van der Waals surface area contributed by atoms with Crippen LogP contribution in [0.4, 0.5) is 4.39 Å². The van der Waals surface area contributed by atoms with Gasteiger partial charge in [-0.25, -0.2) is 9.07 Å². The minimum absolute atomic E-state index is 0.00146. The summed E-state index contributed by atoms with van der Waals surface area (Å²) in [5.41, 5.74) is 1.15. The zero-order valence-corrected chi connectivity index (χ0v) is 12.9. The number of benzene rings is 1. The van der Waals surface area contributed by atoms with Gasteiger partial charge in [-0.2, -0.15) is 0 Å². The Morgan fingerprint density at radius 1 is 1.50 bits per heavy atom. The standard InChI is InChI=1S/C14H16ClFN4O2/c1-8(2)13(14(21)22)17-6-9-7-20(19-18-9)10-3-4-12(16)11(15)5-10/h3-5,7-8,13,17H,6H2,1-2H3,(H,21,22)/t13-/m0/s1. The molecule has 118 valence electrons. The Bertz CT molecular complexity index is 675. The van der Waals surface area contributed by atoms with Crippen LogP contribution in [0.3, 0.4) is 0 Å². The molecule has 0 unspecified atom stereocenters. The monoisotopic (exact) mass is 326 g/mol. The highest BCUT2D eigenvalue weighted by Gasteiger charge is 2.20. The van der Waals surface area contributed by atoms with Crippen LogP contribution in [0.1, 0.15) is 19.5 Å². The molecule has 2 rings (SSSR count). The average Bonchev–Trinajstić information content (AvgIpc) is 2.90. The van der Waals surface area contributed by atoms with Crippen LogP contribution in [0.2, 0.25) is 5.02 Å². The van der Waals surface area contributed by atoms with Crippen LogP contribution in [0.15, 0.2) is 24.4 Å². The summed E-state index contributed by atoms with van der Waals surface area (Å²) in [6, 6.07) is 3.56. The van der Waals surface area contributed by atoms with Crippen molar-refractivity contribution >= 4 is 17.6 Å². The lowest BCUT2D eigenvalue weighted by Gasteiger charge is -2.16. The maximum absolute atomic E-state index is 13.1. The van der Waals surface area contributed by atoms with Gasteiger partial charge in [-0.15, -0.1) is 5.10 Å². The summed E-state index contributed by atoms with van der Waals surface area (Å²) in [7, 11) is 0. The highest BCUT2D eigenvalue weighted by molar-refractivity contribution is 6.30. The van der Waals surface area contributed by atoms with Crippen molar-refractivity contribution in [1.82, 2.24) is 20.3 Å². The van der Waals surface area contributed by atoms with E-state index in [1.165, 1.54) is 22.9 Å². The maximum Gasteiger partial charge on any atom is 0.320 e. The van der Waals surface area contributed by atoms with Crippen molar-refractivity contribution in [2.45, 2.75) is 26.4 Å². The number of aromatic nitrogens is 3. The minimum atomic E-state index is -0.910. The summed E-state index contributed by atoms with van der Waals surface area (Å²) in [4.78, 5) is 11.1. The van der Waals surface area contributed by atoms with Crippen molar-refractivity contribution in [1.29, 1.82) is 0 Å². The van der Waals surface area contributed by atoms with Gasteiger partial charge in [-0.1, -0.05) is 30.7 Å². The van der Waals surface area contributed by atoms with E-state index in [4.69, 9.17) is 16.7 Å². The molecule has 2 N–H and O–H groups in total. The van der Waals surface area contributed by atoms with Crippen molar-refractivity contribution in [2.24, 2.45) is 5.92 Å². The minimum Gasteiger partial charge on any atom is -0.480 e. The summed E-state index contributed by atoms with van der Waals surface area (Å²) in [5, 5.41) is 19.9. The summed E-state index contributed by atoms with van der Waals surface area (Å²) < 4.78 is 14.6. The highest BCUT2D eigenvalue weighted by atomic mass is 35.5. The molecule has 0 aliphatic carbocycles. The lowest BCUT2D eigenvalue weighted by Crippen LogP contribution is -2.40. The van der Waals surface area contributed by atoms with Crippen LogP contribution in [0.25, 0.3) is 5.69 Å². The van der Waals surface area contributed by atoms with Crippen molar-refractivity contribution in [3.05, 3.63) is 40.9 Å². The molecular formula is C14H16ClFN4O2. The molecule has 0 saturated heterocycles. The largest absolute Gasteiger partial charge is 0.480 e. The molecule has 8 heteroatoms. The van der Waals surface area contributed by atoms with Gasteiger partial charge in [0, 0.05) is 6.54 Å². The van der Waals surface area contributed by atoms with Crippen LogP contribution >= 0.6 is 11.6 Å². The number of carboxylic acid groups (broad SMARTS) is 1. The number of carbonyl (C=O) groups is 1. The number of nitrogens with zero attached hydrogens (tertiary/aromatic N) is 3. The Balaban J connectivity index is 2.08. The Morgan fingerprint density at radius 3 is 2.82 bits per heavy atom. The van der Waals surface area contributed by atoms with Crippen LogP contribution in [0.5, 0.6) is 0 Å². The van der Waals surface area contributed by atoms with Crippen LogP contribution < -0.4 is 5.32 Å². The first-order valence-corrected chi connectivity index (χ1v) is 7.09. The van der Waals surface area contributed by atoms with E-state index >= 15 is 0 Å². The van der Waals surface area contributed by atoms with Gasteiger partial charge in [0.1, 0.15) is 11.9 Å². The van der Waals surface area contributed by atoms with Crippen molar-refractivity contribution in [3.8, 4) is 5.69 Å². The number of hydrogen-bond acceptors (Lipinski definition) is 4. The molecule has 0 radical (unpaired) electrons. The van der Waals surface area contributed by atoms with E-state index < -0.39 is 17.8 Å². The van der Waals surface area contributed by atoms with E-state index in [-0.39, 0.29) is 17.5 Å². The van der Waals surface area contributed by atoms with E-state index in [2.05, 4.69) is 15.6 Å². The highest BCUT2D eigenvalue weighted by Crippen LogP contribution is 2.18. The second kappa shape index (κ2) is 6.85. The van der Waals surface area contributed by atoms with Crippen LogP contribution in [-0.4, -0.2) is 32.1 Å². The van der Waals surface area contributed by atoms with Gasteiger partial charge in [0.05, 0.1) is 22.6 Å². The predicted molar refractivity (Wildman–Crippen MR) is 79.4 cm³/mol. The first kappa shape index (κ1) is 16.4. The fourth-order valence-electron chi connectivity index (χ4n) is 1.96. The second-order valence-corrected chi connectivity index (χ2v) is 5.60. The smallest absolute Gasteiger partial charge is 0.320 e. The van der Waals surface area contributed by atoms with E-state index in [9.17, 15) is 9.18 Å². The quantitative estimate of drug-likeness (QED) is 0.851. The van der Waals surface area contributed by atoms with Gasteiger partial charge in [0.15, 0.2) is 0 Å². The normalized spacial score (nSPS) is 12.6.